The Bertz CT molecular complexity index is 1100. The molecule has 0 unspecified atom stereocenters. The van der Waals surface area contributed by atoms with Crippen molar-refractivity contribution in [3.05, 3.63) is 77.2 Å². The molecule has 2 heterocycles. The van der Waals surface area contributed by atoms with Gasteiger partial charge in [-0.05, 0) is 48.5 Å². The van der Waals surface area contributed by atoms with Crippen LogP contribution in [-0.4, -0.2) is 22.8 Å². The lowest BCUT2D eigenvalue weighted by Crippen LogP contribution is -2.22. The molecule has 4 aromatic rings. The average Bonchev–Trinajstić information content (AvgIpc) is 3.34. The first-order valence-electron chi connectivity index (χ1n) is 8.29. The Balaban J connectivity index is 1.44. The molecular formula is C20H16FN3O2S. The van der Waals surface area contributed by atoms with E-state index in [0.29, 0.717) is 16.8 Å². The monoisotopic (exact) mass is 381 g/mol. The number of hydrogen-bond acceptors (Lipinski definition) is 4. The average molecular weight is 381 g/mol. The lowest BCUT2D eigenvalue weighted by atomic mass is 10.2. The molecule has 0 saturated carbocycles. The highest BCUT2D eigenvalue weighted by molar-refractivity contribution is 7.20. The number of aromatic nitrogens is 2. The number of rotatable bonds is 5. The summed E-state index contributed by atoms with van der Waals surface area (Å²) in [4.78, 5) is 12.9. The maximum atomic E-state index is 13.8. The smallest absolute Gasteiger partial charge is 0.261 e. The minimum atomic E-state index is -0.318. The second-order valence-electron chi connectivity index (χ2n) is 5.89. The summed E-state index contributed by atoms with van der Waals surface area (Å²) in [5, 5.41) is 7.76. The summed E-state index contributed by atoms with van der Waals surface area (Å²) >= 11 is 1.27. The van der Waals surface area contributed by atoms with E-state index < -0.39 is 0 Å². The summed E-state index contributed by atoms with van der Waals surface area (Å²) in [6, 6.07) is 15.8. The Hall–Kier alpha value is -3.19. The van der Waals surface area contributed by atoms with Gasteiger partial charge in [0.15, 0.2) is 0 Å². The Labute approximate surface area is 159 Å². The molecule has 0 aliphatic rings. The molecule has 0 aliphatic carbocycles. The van der Waals surface area contributed by atoms with Crippen LogP contribution >= 0.6 is 11.3 Å². The molecule has 136 valence electrons. The van der Waals surface area contributed by atoms with Crippen molar-refractivity contribution in [1.29, 1.82) is 0 Å². The largest absolute Gasteiger partial charge is 0.497 e. The summed E-state index contributed by atoms with van der Waals surface area (Å²) < 4.78 is 21.4. The first-order valence-corrected chi connectivity index (χ1v) is 9.11. The van der Waals surface area contributed by atoms with Gasteiger partial charge in [-0.1, -0.05) is 6.07 Å². The highest BCUT2D eigenvalue weighted by atomic mass is 32.1. The molecule has 2 aromatic carbocycles. The minimum Gasteiger partial charge on any atom is -0.497 e. The second kappa shape index (κ2) is 7.20. The fourth-order valence-corrected chi connectivity index (χ4v) is 3.72. The molecule has 1 N–H and O–H groups in total. The van der Waals surface area contributed by atoms with E-state index in [1.54, 1.807) is 30.0 Å². The fraction of sp³-hybridized carbons (Fsp3) is 0.100. The first kappa shape index (κ1) is 17.2. The SMILES string of the molecule is COc1ccc(-n2ccc(CNC(=O)c3cc4c(F)cccc4s3)n2)cc1. The van der Waals surface area contributed by atoms with Crippen LogP contribution in [0.2, 0.25) is 0 Å². The Morgan fingerprint density at radius 3 is 2.78 bits per heavy atom. The van der Waals surface area contributed by atoms with E-state index in [1.165, 1.54) is 17.4 Å². The molecule has 0 radical (unpaired) electrons. The van der Waals surface area contributed by atoms with Crippen molar-refractivity contribution in [2.45, 2.75) is 6.54 Å². The van der Waals surface area contributed by atoms with Crippen molar-refractivity contribution < 1.29 is 13.9 Å². The molecule has 1 amide bonds. The quantitative estimate of drug-likeness (QED) is 0.565. The lowest BCUT2D eigenvalue weighted by molar-refractivity contribution is 0.0954. The Kier molecular flexibility index (Phi) is 4.60. The van der Waals surface area contributed by atoms with Gasteiger partial charge in [0.1, 0.15) is 11.6 Å². The zero-order valence-electron chi connectivity index (χ0n) is 14.5. The van der Waals surface area contributed by atoms with Gasteiger partial charge in [0.25, 0.3) is 5.91 Å². The molecule has 0 aliphatic heterocycles. The van der Waals surface area contributed by atoms with Crippen molar-refractivity contribution >= 4 is 27.3 Å². The number of carbonyl (C=O) groups excluding carboxylic acids is 1. The van der Waals surface area contributed by atoms with Gasteiger partial charge in [-0.2, -0.15) is 5.10 Å². The van der Waals surface area contributed by atoms with E-state index in [1.807, 2.05) is 36.5 Å². The number of fused-ring (bicyclic) bond motifs is 1. The highest BCUT2D eigenvalue weighted by Crippen LogP contribution is 2.27. The highest BCUT2D eigenvalue weighted by Gasteiger charge is 2.13. The fourth-order valence-electron chi connectivity index (χ4n) is 2.73. The van der Waals surface area contributed by atoms with E-state index in [9.17, 15) is 9.18 Å². The van der Waals surface area contributed by atoms with Crippen LogP contribution in [-0.2, 0) is 6.54 Å². The zero-order valence-corrected chi connectivity index (χ0v) is 15.3. The van der Waals surface area contributed by atoms with Gasteiger partial charge < -0.3 is 10.1 Å². The van der Waals surface area contributed by atoms with Crippen LogP contribution in [0.4, 0.5) is 4.39 Å². The van der Waals surface area contributed by atoms with Gasteiger partial charge in [0.05, 0.1) is 29.9 Å². The second-order valence-corrected chi connectivity index (χ2v) is 6.98. The number of nitrogens with zero attached hydrogens (tertiary/aromatic N) is 2. The molecule has 7 heteroatoms. The number of hydrogen-bond donors (Lipinski definition) is 1. The van der Waals surface area contributed by atoms with Gasteiger partial charge in [0.2, 0.25) is 0 Å². The number of methoxy groups -OCH3 is 1. The van der Waals surface area contributed by atoms with E-state index in [4.69, 9.17) is 4.74 Å². The zero-order chi connectivity index (χ0) is 18.8. The van der Waals surface area contributed by atoms with Gasteiger partial charge in [0, 0.05) is 16.3 Å². The van der Waals surface area contributed by atoms with Crippen LogP contribution < -0.4 is 10.1 Å². The first-order chi connectivity index (χ1) is 13.1. The van der Waals surface area contributed by atoms with Gasteiger partial charge in [-0.15, -0.1) is 11.3 Å². The summed E-state index contributed by atoms with van der Waals surface area (Å²) in [7, 11) is 1.62. The number of ether oxygens (including phenoxy) is 1. The maximum Gasteiger partial charge on any atom is 0.261 e. The Morgan fingerprint density at radius 2 is 2.04 bits per heavy atom. The normalized spacial score (nSPS) is 10.9. The van der Waals surface area contributed by atoms with Crippen LogP contribution in [0.25, 0.3) is 15.8 Å². The maximum absolute atomic E-state index is 13.8. The van der Waals surface area contributed by atoms with E-state index in [2.05, 4.69) is 10.4 Å². The van der Waals surface area contributed by atoms with Gasteiger partial charge in [-0.25, -0.2) is 9.07 Å². The summed E-state index contributed by atoms with van der Waals surface area (Å²) in [5.41, 5.74) is 1.62. The standard InChI is InChI=1S/C20H16FN3O2S/c1-26-15-7-5-14(6-8-15)24-10-9-13(23-24)12-22-20(25)19-11-16-17(21)3-2-4-18(16)27-19/h2-11H,12H2,1H3,(H,22,25). The molecule has 0 bridgehead atoms. The molecule has 0 saturated heterocycles. The number of carbonyl (C=O) groups is 1. The number of thiophene rings is 1. The van der Waals surface area contributed by atoms with Crippen molar-refractivity contribution in [2.75, 3.05) is 7.11 Å². The van der Waals surface area contributed by atoms with Crippen molar-refractivity contribution in [2.24, 2.45) is 0 Å². The lowest BCUT2D eigenvalue weighted by Gasteiger charge is -2.04. The third kappa shape index (κ3) is 3.54. The molecule has 27 heavy (non-hydrogen) atoms. The molecular weight excluding hydrogens is 365 g/mol. The Morgan fingerprint density at radius 1 is 1.22 bits per heavy atom. The minimum absolute atomic E-state index is 0.241. The van der Waals surface area contributed by atoms with Crippen molar-refractivity contribution in [3.8, 4) is 11.4 Å². The van der Waals surface area contributed by atoms with Crippen molar-refractivity contribution in [3.63, 3.8) is 0 Å². The van der Waals surface area contributed by atoms with Crippen LogP contribution in [0, 0.1) is 5.82 Å². The van der Waals surface area contributed by atoms with Crippen LogP contribution in [0.5, 0.6) is 5.75 Å². The third-order valence-electron chi connectivity index (χ3n) is 4.14. The van der Waals surface area contributed by atoms with Crippen LogP contribution in [0.1, 0.15) is 15.4 Å². The number of nitrogens with one attached hydrogen (secondary N) is 1. The molecule has 0 fully saturated rings. The predicted molar refractivity (Wildman–Crippen MR) is 103 cm³/mol. The number of amides is 1. The molecule has 4 rings (SSSR count). The van der Waals surface area contributed by atoms with Crippen LogP contribution in [0.3, 0.4) is 0 Å². The van der Waals surface area contributed by atoms with Crippen LogP contribution in [0.15, 0.2) is 60.8 Å². The van der Waals surface area contributed by atoms with E-state index in [-0.39, 0.29) is 11.7 Å². The van der Waals surface area contributed by atoms with E-state index in [0.717, 1.165) is 21.8 Å². The topological polar surface area (TPSA) is 56.1 Å². The molecule has 0 atom stereocenters. The van der Waals surface area contributed by atoms with Gasteiger partial charge in [-0.3, -0.25) is 4.79 Å². The van der Waals surface area contributed by atoms with Gasteiger partial charge >= 0.3 is 0 Å². The predicted octanol–water partition coefficient (Wildman–Crippen LogP) is 4.16. The van der Waals surface area contributed by atoms with Crippen molar-refractivity contribution in [1.82, 2.24) is 15.1 Å². The molecule has 2 aromatic heterocycles. The van der Waals surface area contributed by atoms with E-state index >= 15 is 0 Å². The summed E-state index contributed by atoms with van der Waals surface area (Å²) in [5.74, 6) is 0.216. The number of halogens is 1. The summed E-state index contributed by atoms with van der Waals surface area (Å²) in [6.45, 7) is 0.290. The molecule has 5 nitrogen and oxygen atoms in total. The number of benzene rings is 2. The summed E-state index contributed by atoms with van der Waals surface area (Å²) in [6.07, 6.45) is 1.83. The molecule has 0 spiro atoms. The third-order valence-corrected chi connectivity index (χ3v) is 5.24.